The van der Waals surface area contributed by atoms with Gasteiger partial charge in [0.1, 0.15) is 12.7 Å². The molecule has 1 aliphatic rings. The number of nitrogens with zero attached hydrogens (tertiary/aromatic N) is 4. The highest BCUT2D eigenvalue weighted by Crippen LogP contribution is 2.14. The molecule has 1 aromatic rings. The van der Waals surface area contributed by atoms with E-state index in [9.17, 15) is 19.7 Å². The van der Waals surface area contributed by atoms with Gasteiger partial charge in [0.05, 0.1) is 12.6 Å². The zero-order valence-electron chi connectivity index (χ0n) is 12.1. The second-order valence-electron chi connectivity index (χ2n) is 5.10. The van der Waals surface area contributed by atoms with Crippen LogP contribution in [-0.4, -0.2) is 61.7 Å². The highest BCUT2D eigenvalue weighted by Gasteiger charge is 2.33. The van der Waals surface area contributed by atoms with E-state index in [0.717, 1.165) is 0 Å². The minimum absolute atomic E-state index is 0.0473. The maximum atomic E-state index is 12.3. The smallest absolute Gasteiger partial charge is 0.381 e. The summed E-state index contributed by atoms with van der Waals surface area (Å²) < 4.78 is 6.61. The number of carboxylic acid groups (broad SMARTS) is 1. The molecule has 0 saturated carbocycles. The number of carbonyl (C=O) groups excluding carboxylic acids is 1. The predicted molar refractivity (Wildman–Crippen MR) is 72.2 cm³/mol. The molecule has 0 radical (unpaired) electrons. The summed E-state index contributed by atoms with van der Waals surface area (Å²) in [6.07, 6.45) is -0.269. The molecule has 1 unspecified atom stereocenters. The van der Waals surface area contributed by atoms with Crippen molar-refractivity contribution in [3.05, 3.63) is 22.1 Å². The van der Waals surface area contributed by atoms with Crippen LogP contribution in [0.3, 0.4) is 0 Å². The van der Waals surface area contributed by atoms with Gasteiger partial charge in [-0.25, -0.2) is 4.79 Å². The number of nitro groups is 1. The fourth-order valence-electron chi connectivity index (χ4n) is 2.28. The van der Waals surface area contributed by atoms with Crippen molar-refractivity contribution in [2.45, 2.75) is 32.6 Å². The van der Waals surface area contributed by atoms with Crippen LogP contribution in [-0.2, 0) is 20.9 Å². The number of aromatic nitrogens is 2. The van der Waals surface area contributed by atoms with Gasteiger partial charge in [-0.1, -0.05) is 0 Å². The highest BCUT2D eigenvalue weighted by atomic mass is 16.6. The molecule has 10 heteroatoms. The van der Waals surface area contributed by atoms with Crippen molar-refractivity contribution in [2.24, 2.45) is 0 Å². The SMILES string of the molecule is Cc1nc([N+](=O)[O-])cn1CC(=O)N1CC(C(=O)O)O[C@H](C)C1. The molecule has 2 heterocycles. The fraction of sp³-hybridized carbons (Fsp3) is 0.583. The Bertz CT molecular complexity index is 613. The Balaban J connectivity index is 2.08. The van der Waals surface area contributed by atoms with Crippen molar-refractivity contribution < 1.29 is 24.4 Å². The lowest BCUT2D eigenvalue weighted by atomic mass is 10.2. The maximum Gasteiger partial charge on any atom is 0.381 e. The van der Waals surface area contributed by atoms with E-state index in [0.29, 0.717) is 5.82 Å². The van der Waals surface area contributed by atoms with Gasteiger partial charge in [0.2, 0.25) is 11.7 Å². The maximum absolute atomic E-state index is 12.3. The third-order valence-electron chi connectivity index (χ3n) is 3.34. The van der Waals surface area contributed by atoms with Crippen LogP contribution in [0.1, 0.15) is 12.7 Å². The van der Waals surface area contributed by atoms with Crippen molar-refractivity contribution >= 4 is 17.7 Å². The third kappa shape index (κ3) is 3.39. The Labute approximate surface area is 125 Å². The number of rotatable bonds is 4. The number of amides is 1. The Kier molecular flexibility index (Phi) is 4.40. The van der Waals surface area contributed by atoms with Crippen LogP contribution in [0.4, 0.5) is 5.82 Å². The first-order chi connectivity index (χ1) is 10.3. The van der Waals surface area contributed by atoms with E-state index in [2.05, 4.69) is 4.98 Å². The van der Waals surface area contributed by atoms with E-state index in [1.807, 2.05) is 0 Å². The second-order valence-corrected chi connectivity index (χ2v) is 5.10. The lowest BCUT2D eigenvalue weighted by Gasteiger charge is -2.35. The summed E-state index contributed by atoms with van der Waals surface area (Å²) in [6.45, 7) is 3.34. The van der Waals surface area contributed by atoms with Gasteiger partial charge in [-0.2, -0.15) is 0 Å². The summed E-state index contributed by atoms with van der Waals surface area (Å²) in [4.78, 5) is 38.4. The largest absolute Gasteiger partial charge is 0.479 e. The van der Waals surface area contributed by atoms with Gasteiger partial charge in [0.15, 0.2) is 6.10 Å². The molecule has 22 heavy (non-hydrogen) atoms. The summed E-state index contributed by atoms with van der Waals surface area (Å²) >= 11 is 0. The number of carboxylic acids is 1. The Hall–Kier alpha value is -2.49. The van der Waals surface area contributed by atoms with Gasteiger partial charge in [-0.3, -0.25) is 9.36 Å². The Morgan fingerprint density at radius 1 is 1.55 bits per heavy atom. The molecule has 0 aliphatic carbocycles. The fourth-order valence-corrected chi connectivity index (χ4v) is 2.28. The molecule has 1 fully saturated rings. The molecular weight excluding hydrogens is 296 g/mol. The molecule has 1 aliphatic heterocycles. The van der Waals surface area contributed by atoms with E-state index in [1.165, 1.54) is 15.7 Å². The van der Waals surface area contributed by atoms with Gasteiger partial charge in [0, 0.05) is 13.5 Å². The number of aliphatic carboxylic acids is 1. The van der Waals surface area contributed by atoms with Crippen LogP contribution in [0.5, 0.6) is 0 Å². The molecular formula is C12H16N4O6. The van der Waals surface area contributed by atoms with Gasteiger partial charge in [-0.05, 0) is 16.8 Å². The summed E-state index contributed by atoms with van der Waals surface area (Å²) in [7, 11) is 0. The van der Waals surface area contributed by atoms with Crippen molar-refractivity contribution in [2.75, 3.05) is 13.1 Å². The van der Waals surface area contributed by atoms with Gasteiger partial charge >= 0.3 is 11.8 Å². The first-order valence-corrected chi connectivity index (χ1v) is 6.62. The topological polar surface area (TPSA) is 128 Å². The van der Waals surface area contributed by atoms with E-state index < -0.39 is 23.1 Å². The van der Waals surface area contributed by atoms with Gasteiger partial charge < -0.3 is 24.9 Å². The first kappa shape index (κ1) is 15.9. The zero-order valence-corrected chi connectivity index (χ0v) is 12.1. The quantitative estimate of drug-likeness (QED) is 0.602. The van der Waals surface area contributed by atoms with Crippen LogP contribution in [0.25, 0.3) is 0 Å². The van der Waals surface area contributed by atoms with Crippen molar-refractivity contribution in [3.63, 3.8) is 0 Å². The minimum atomic E-state index is -1.13. The predicted octanol–water partition coefficient (Wildman–Crippen LogP) is -0.200. The number of morpholine rings is 1. The van der Waals surface area contributed by atoms with E-state index in [4.69, 9.17) is 9.84 Å². The standard InChI is InChI=1S/C12H16N4O6/c1-7-3-15(4-9(22-7)12(18)19)11(17)6-14-5-10(16(20)21)13-8(14)2/h5,7,9H,3-4,6H2,1-2H3,(H,18,19)/t7-,9?/m1/s1. The number of ether oxygens (including phenoxy) is 1. The van der Waals surface area contributed by atoms with Crippen molar-refractivity contribution in [3.8, 4) is 0 Å². The summed E-state index contributed by atoms with van der Waals surface area (Å²) in [5.74, 6) is -1.45. The van der Waals surface area contributed by atoms with Crippen LogP contribution < -0.4 is 0 Å². The zero-order chi connectivity index (χ0) is 16.4. The molecule has 0 aromatic carbocycles. The average molecular weight is 312 g/mol. The minimum Gasteiger partial charge on any atom is -0.479 e. The number of hydrogen-bond acceptors (Lipinski definition) is 6. The molecule has 2 rings (SSSR count). The van der Waals surface area contributed by atoms with Crippen LogP contribution in [0, 0.1) is 17.0 Å². The number of carbonyl (C=O) groups is 2. The molecule has 0 spiro atoms. The average Bonchev–Trinajstić information content (AvgIpc) is 2.79. The van der Waals surface area contributed by atoms with E-state index in [-0.39, 0.29) is 31.4 Å². The van der Waals surface area contributed by atoms with Crippen molar-refractivity contribution in [1.29, 1.82) is 0 Å². The molecule has 1 N–H and O–H groups in total. The monoisotopic (exact) mass is 312 g/mol. The second kappa shape index (κ2) is 6.10. The Morgan fingerprint density at radius 2 is 2.23 bits per heavy atom. The van der Waals surface area contributed by atoms with Crippen LogP contribution >= 0.6 is 0 Å². The normalized spacial score (nSPS) is 21.6. The van der Waals surface area contributed by atoms with E-state index >= 15 is 0 Å². The first-order valence-electron chi connectivity index (χ1n) is 6.62. The van der Waals surface area contributed by atoms with Crippen LogP contribution in [0.2, 0.25) is 0 Å². The molecule has 1 amide bonds. The van der Waals surface area contributed by atoms with Crippen LogP contribution in [0.15, 0.2) is 6.20 Å². The summed E-state index contributed by atoms with van der Waals surface area (Å²) in [5, 5.41) is 19.7. The number of imidazole rings is 1. The number of hydrogen-bond donors (Lipinski definition) is 1. The Morgan fingerprint density at radius 3 is 2.77 bits per heavy atom. The molecule has 2 atom stereocenters. The molecule has 1 saturated heterocycles. The van der Waals surface area contributed by atoms with Gasteiger partial charge in [-0.15, -0.1) is 0 Å². The van der Waals surface area contributed by atoms with E-state index in [1.54, 1.807) is 13.8 Å². The highest BCUT2D eigenvalue weighted by molar-refractivity contribution is 5.78. The van der Waals surface area contributed by atoms with Crippen molar-refractivity contribution in [1.82, 2.24) is 14.5 Å². The third-order valence-corrected chi connectivity index (χ3v) is 3.34. The van der Waals surface area contributed by atoms with Gasteiger partial charge in [0.25, 0.3) is 0 Å². The lowest BCUT2D eigenvalue weighted by molar-refractivity contribution is -0.389. The summed E-state index contributed by atoms with van der Waals surface area (Å²) in [5.41, 5.74) is 0. The number of aryl methyl sites for hydroxylation is 1. The molecule has 10 nitrogen and oxygen atoms in total. The summed E-state index contributed by atoms with van der Waals surface area (Å²) in [6, 6.07) is 0. The molecule has 0 bridgehead atoms. The lowest BCUT2D eigenvalue weighted by Crippen LogP contribution is -2.52. The molecule has 120 valence electrons. The molecule has 1 aromatic heterocycles.